The fourth-order valence-electron chi connectivity index (χ4n) is 3.03. The molecule has 2 aromatic heterocycles. The van der Waals surface area contributed by atoms with Crippen molar-refractivity contribution in [1.29, 1.82) is 0 Å². The molecule has 0 saturated carbocycles. The molecule has 1 atom stereocenters. The number of aliphatic hydroxyl groups excluding tert-OH is 1. The van der Waals surface area contributed by atoms with E-state index in [2.05, 4.69) is 30.7 Å². The third-order valence-electron chi connectivity index (χ3n) is 4.95. The fraction of sp³-hybridized carbons (Fsp3) is 0.474. The first-order valence-electron chi connectivity index (χ1n) is 10.2. The maximum Gasteiger partial charge on any atom is 0.433 e. The molecule has 0 amide bonds. The Morgan fingerprint density at radius 1 is 1.15 bits per heavy atom. The summed E-state index contributed by atoms with van der Waals surface area (Å²) in [4.78, 5) is 21.3. The largest absolute Gasteiger partial charge is 0.433 e. The molecule has 3 N–H and O–H groups in total. The zero-order chi connectivity index (χ0) is 24.6. The molecule has 0 radical (unpaired) electrons. The zero-order valence-corrected chi connectivity index (χ0v) is 18.9. The number of anilines is 3. The van der Waals surface area contributed by atoms with Crippen molar-refractivity contribution >= 4 is 38.8 Å². The summed E-state index contributed by atoms with van der Waals surface area (Å²) in [5.41, 5.74) is 0.968. The normalized spacial score (nSPS) is 18.8. The number of nitrogens with one attached hydrogen (secondary N) is 2. The molecular weight excluding hydrogens is 442 g/mol. The number of nitrogens with zero attached hydrogens (tertiary/aromatic N) is 4. The van der Waals surface area contributed by atoms with E-state index >= 15 is 0 Å². The summed E-state index contributed by atoms with van der Waals surface area (Å²) in [7, 11) is 3.50. The van der Waals surface area contributed by atoms with Gasteiger partial charge < -0.3 is 10.4 Å². The van der Waals surface area contributed by atoms with Crippen molar-refractivity contribution in [2.24, 2.45) is 0 Å². The fourth-order valence-corrected chi connectivity index (χ4v) is 3.03. The van der Waals surface area contributed by atoms with Gasteiger partial charge in [0.2, 0.25) is 5.95 Å². The zero-order valence-electron chi connectivity index (χ0n) is 18.9. The summed E-state index contributed by atoms with van der Waals surface area (Å²) in [6.45, 7) is 5.33. The van der Waals surface area contributed by atoms with Crippen LogP contribution in [-0.4, -0.2) is 52.4 Å². The molecule has 2 heterocycles. The monoisotopic (exact) mass is 466 g/mol. The summed E-state index contributed by atoms with van der Waals surface area (Å²) in [5.74, 6) is -1.04. The Morgan fingerprint density at radius 3 is 2.45 bits per heavy atom. The van der Waals surface area contributed by atoms with Gasteiger partial charge in [0.25, 0.3) is 5.95 Å². The third kappa shape index (κ3) is 6.20. The quantitative estimate of drug-likeness (QED) is 0.351. The van der Waals surface area contributed by atoms with Gasteiger partial charge in [-0.2, -0.15) is 28.1 Å². The predicted molar refractivity (Wildman–Crippen MR) is 120 cm³/mol. The second-order valence-corrected chi connectivity index (χ2v) is 9.39. The van der Waals surface area contributed by atoms with E-state index in [1.165, 1.54) is 6.07 Å². The van der Waals surface area contributed by atoms with Crippen molar-refractivity contribution < 1.29 is 27.5 Å². The topological polar surface area (TPSA) is 105 Å². The molecule has 0 aliphatic heterocycles. The van der Waals surface area contributed by atoms with E-state index in [0.29, 0.717) is 6.42 Å². The van der Waals surface area contributed by atoms with Gasteiger partial charge in [-0.1, -0.05) is 11.6 Å². The Hall–Kier alpha value is -2.73. The Morgan fingerprint density at radius 2 is 1.82 bits per heavy atom. The number of alkyl halides is 3. The van der Waals surface area contributed by atoms with Gasteiger partial charge in [-0.15, -0.1) is 0 Å². The number of pyridine rings is 1. The van der Waals surface area contributed by atoms with Crippen LogP contribution >= 0.6 is 0 Å². The Balaban J connectivity index is 2.01. The summed E-state index contributed by atoms with van der Waals surface area (Å²) in [5, 5.41) is 12.4. The van der Waals surface area contributed by atoms with E-state index in [4.69, 9.17) is 4.84 Å². The van der Waals surface area contributed by atoms with Gasteiger partial charge in [-0.3, -0.25) is 9.82 Å². The van der Waals surface area contributed by atoms with Gasteiger partial charge in [0, 0.05) is 17.5 Å². The molecular formula is C19H24B2F4N6O2. The van der Waals surface area contributed by atoms with Crippen molar-refractivity contribution in [3.8, 4) is 0 Å². The lowest BCUT2D eigenvalue weighted by Crippen LogP contribution is -2.34. The van der Waals surface area contributed by atoms with E-state index in [0.717, 1.165) is 12.3 Å². The van der Waals surface area contributed by atoms with Gasteiger partial charge in [0.05, 0.1) is 11.7 Å². The van der Waals surface area contributed by atoms with Crippen LogP contribution in [0.25, 0.3) is 5.57 Å². The molecule has 14 heteroatoms. The molecule has 0 saturated heterocycles. The smallest absolute Gasteiger partial charge is 0.387 e. The first-order chi connectivity index (χ1) is 15.2. The Kier molecular flexibility index (Phi) is 6.72. The maximum absolute atomic E-state index is 15.0. The van der Waals surface area contributed by atoms with Crippen LogP contribution in [0, 0.1) is 0 Å². The Labute approximate surface area is 190 Å². The summed E-state index contributed by atoms with van der Waals surface area (Å²) in [6.07, 6.45) is -4.24. The number of aliphatic hydroxyl groups is 1. The van der Waals surface area contributed by atoms with E-state index in [9.17, 15) is 22.7 Å². The van der Waals surface area contributed by atoms with Gasteiger partial charge in [0.15, 0.2) is 5.82 Å². The Bertz CT molecular complexity index is 1060. The van der Waals surface area contributed by atoms with E-state index in [1.54, 1.807) is 36.5 Å². The molecule has 0 bridgehead atoms. The van der Waals surface area contributed by atoms with Gasteiger partial charge in [-0.05, 0) is 39.3 Å². The molecule has 33 heavy (non-hydrogen) atoms. The molecule has 2 aromatic rings. The van der Waals surface area contributed by atoms with Crippen molar-refractivity contribution in [3.63, 3.8) is 0 Å². The third-order valence-corrected chi connectivity index (χ3v) is 4.95. The summed E-state index contributed by atoms with van der Waals surface area (Å²) >= 11 is 0. The molecule has 176 valence electrons. The number of hydrogen-bond donors (Lipinski definition) is 3. The lowest BCUT2D eigenvalue weighted by Gasteiger charge is -2.35. The number of halogens is 4. The predicted octanol–water partition coefficient (Wildman–Crippen LogP) is 2.39. The van der Waals surface area contributed by atoms with Crippen LogP contribution in [0.3, 0.4) is 0 Å². The summed E-state index contributed by atoms with van der Waals surface area (Å²) < 4.78 is 54.0. The average Bonchev–Trinajstić information content (AvgIpc) is 2.70. The highest BCUT2D eigenvalue weighted by molar-refractivity contribution is 6.40. The van der Waals surface area contributed by atoms with Gasteiger partial charge in [0.1, 0.15) is 27.2 Å². The standard InChI is InChI=1S/C19H24B2F4N6O2/c1-17(2,3)33-31-16-29-14(10-4-6-18(20,21)13(32)12(10)22)28-15(30-16)27-9-5-7-26-11(8-9)19(23,24)25/h5,7-8,13,32H,4,6,20-21H2,1-3H3,(H2,26,27,28,29,30,31). The maximum atomic E-state index is 15.0. The first kappa shape index (κ1) is 24.9. The van der Waals surface area contributed by atoms with Crippen LogP contribution in [-0.2, 0) is 11.0 Å². The molecule has 0 fully saturated rings. The van der Waals surface area contributed by atoms with Crippen LogP contribution in [0.2, 0.25) is 5.21 Å². The minimum Gasteiger partial charge on any atom is -0.387 e. The highest BCUT2D eigenvalue weighted by atomic mass is 19.4. The second-order valence-electron chi connectivity index (χ2n) is 9.39. The molecule has 1 unspecified atom stereocenters. The highest BCUT2D eigenvalue weighted by Crippen LogP contribution is 2.43. The van der Waals surface area contributed by atoms with Gasteiger partial charge in [-0.25, -0.2) is 9.87 Å². The number of aromatic nitrogens is 4. The van der Waals surface area contributed by atoms with Crippen molar-refractivity contribution in [3.05, 3.63) is 35.7 Å². The van der Waals surface area contributed by atoms with Crippen molar-refractivity contribution in [2.75, 3.05) is 10.8 Å². The lowest BCUT2D eigenvalue weighted by molar-refractivity contribution is -0.141. The van der Waals surface area contributed by atoms with E-state index in [-0.39, 0.29) is 35.4 Å². The van der Waals surface area contributed by atoms with E-state index < -0.39 is 34.6 Å². The van der Waals surface area contributed by atoms with Crippen molar-refractivity contribution in [2.45, 2.75) is 56.7 Å². The molecule has 1 aliphatic rings. The van der Waals surface area contributed by atoms with Crippen LogP contribution in [0.5, 0.6) is 0 Å². The summed E-state index contributed by atoms with van der Waals surface area (Å²) in [6, 6.07) is 2.11. The molecule has 0 aromatic carbocycles. The number of allylic oxidation sites excluding steroid dienone is 1. The first-order valence-corrected chi connectivity index (χ1v) is 10.2. The molecule has 0 spiro atoms. The van der Waals surface area contributed by atoms with Crippen LogP contribution < -0.4 is 10.8 Å². The van der Waals surface area contributed by atoms with Crippen LogP contribution in [0.4, 0.5) is 35.1 Å². The minimum atomic E-state index is -4.63. The SMILES string of the molecule is BC1(B)CCC(c2nc(NOC(C)(C)C)nc(Nc3ccnc(C(F)(F)F)c3)n2)=C(F)C1O. The minimum absolute atomic E-state index is 0.0245. The van der Waals surface area contributed by atoms with Crippen LogP contribution in [0.15, 0.2) is 24.2 Å². The van der Waals surface area contributed by atoms with Crippen LogP contribution in [0.1, 0.15) is 45.1 Å². The number of hydrogen-bond acceptors (Lipinski definition) is 8. The van der Waals surface area contributed by atoms with Gasteiger partial charge >= 0.3 is 6.18 Å². The second kappa shape index (κ2) is 8.90. The van der Waals surface area contributed by atoms with Crippen molar-refractivity contribution in [1.82, 2.24) is 19.9 Å². The van der Waals surface area contributed by atoms with E-state index in [1.807, 2.05) is 0 Å². The average molecular weight is 466 g/mol. The lowest BCUT2D eigenvalue weighted by atomic mass is 9.47. The molecule has 8 nitrogen and oxygen atoms in total. The molecule has 3 rings (SSSR count). The molecule has 1 aliphatic carbocycles. The highest BCUT2D eigenvalue weighted by Gasteiger charge is 2.38. The number of rotatable bonds is 5.